The molecule has 0 aliphatic rings. The van der Waals surface area contributed by atoms with Crippen molar-refractivity contribution in [1.29, 1.82) is 5.26 Å². The topological polar surface area (TPSA) is 52.9 Å². The number of hydrogen-bond donors (Lipinski definition) is 1. The molecule has 3 nitrogen and oxygen atoms in total. The van der Waals surface area contributed by atoms with Gasteiger partial charge >= 0.3 is 0 Å². The van der Waals surface area contributed by atoms with Crippen LogP contribution in [0.2, 0.25) is 6.43 Å². The molecule has 1 heterocycles. The van der Waals surface area contributed by atoms with Crippen molar-refractivity contribution in [1.82, 2.24) is 0 Å². The molecule has 0 aliphatic carbocycles. The fourth-order valence-electron chi connectivity index (χ4n) is 1.93. The third-order valence-corrected chi connectivity index (χ3v) is 4.62. The number of anilines is 1. The molecule has 3 rings (SSSR count). The van der Waals surface area contributed by atoms with E-state index in [0.717, 1.165) is 15.4 Å². The van der Waals surface area contributed by atoms with E-state index in [-0.39, 0.29) is 0 Å². The molecule has 0 aliphatic heterocycles. The average molecular weight is 314 g/mol. The van der Waals surface area contributed by atoms with Gasteiger partial charge in [-0.3, -0.25) is 4.79 Å². The molecule has 0 bridgehead atoms. The fraction of sp³-hybridized carbons (Fsp3) is 0. The second-order valence-electron chi connectivity index (χ2n) is 4.32. The molecule has 21 heavy (non-hydrogen) atoms. The van der Waals surface area contributed by atoms with Crippen molar-refractivity contribution in [2.45, 2.75) is 0 Å². The van der Waals surface area contributed by atoms with Crippen LogP contribution in [-0.2, 0) is 0 Å². The maximum absolute atomic E-state index is 12.5. The van der Waals surface area contributed by atoms with Crippen LogP contribution in [0.1, 0.15) is 15.2 Å². The molecule has 2 aromatic carbocycles. The summed E-state index contributed by atoms with van der Waals surface area (Å²) in [5.41, 5.74) is 0.863. The Balaban J connectivity index is 1.97. The van der Waals surface area contributed by atoms with Gasteiger partial charge in [0.1, 0.15) is 4.88 Å². The maximum atomic E-state index is 12.5. The monoisotopic (exact) mass is 313 g/mol. The van der Waals surface area contributed by atoms with E-state index < -0.39 is 5.91 Å². The van der Waals surface area contributed by atoms with Crippen LogP contribution in [0.5, 0.6) is 0 Å². The summed E-state index contributed by atoms with van der Waals surface area (Å²) in [7, 11) is 0. The summed E-state index contributed by atoms with van der Waals surface area (Å²) in [4.78, 5) is 12.8. The van der Waals surface area contributed by atoms with Crippen LogP contribution in [-0.4, -0.2) is 5.91 Å². The lowest BCUT2D eigenvalue weighted by Crippen LogP contribution is -2.10. The molecule has 0 unspecified atom stereocenters. The van der Waals surface area contributed by atoms with E-state index in [1.165, 1.54) is 11.3 Å². The number of nitriles is 1. The molecular formula is C16H9ClN2OS. The molecule has 0 fully saturated rings. The molecule has 0 atom stereocenters. The van der Waals surface area contributed by atoms with Crippen LogP contribution in [0, 0.1) is 11.3 Å². The van der Waals surface area contributed by atoms with Gasteiger partial charge in [-0.25, -0.2) is 0 Å². The lowest BCUT2D eigenvalue weighted by molar-refractivity contribution is 0.103. The summed E-state index contributed by atoms with van der Waals surface area (Å²) in [6, 6.07) is 15.7. The highest BCUT2D eigenvalue weighted by atomic mass is 35.5. The van der Waals surface area contributed by atoms with Gasteiger partial charge in [-0.15, -0.1) is 11.3 Å². The smallest absolute Gasteiger partial charge is 0.267 e. The molecule has 3 aromatic rings. The van der Waals surface area contributed by atoms with Crippen molar-refractivity contribution < 1.29 is 6.21 Å². The third-order valence-electron chi connectivity index (χ3n) is 2.96. The summed E-state index contributed by atoms with van der Waals surface area (Å²) >= 11 is 7.53. The number of fused-ring (bicyclic) bond motifs is 1. The van der Waals surface area contributed by atoms with Crippen LogP contribution in [0.3, 0.4) is 0 Å². The second-order valence-corrected chi connectivity index (χ2v) is 5.75. The van der Waals surface area contributed by atoms with E-state index >= 15 is 0 Å². The highest BCUT2D eigenvalue weighted by Gasteiger charge is 2.16. The van der Waals surface area contributed by atoms with Crippen molar-refractivity contribution >= 4 is 44.6 Å². The number of hydrogen-bond acceptors (Lipinski definition) is 3. The highest BCUT2D eigenvalue weighted by molar-refractivity contribution is 7.21. The Labute approximate surface area is 131 Å². The Kier molecular flexibility index (Phi) is 3.29. The van der Waals surface area contributed by atoms with Gasteiger partial charge in [0.2, 0.25) is 0 Å². The molecule has 102 valence electrons. The minimum absolute atomic E-state index is 0.335. The third kappa shape index (κ3) is 2.62. The van der Waals surface area contributed by atoms with Crippen LogP contribution < -0.4 is 5.31 Å². The molecule has 1 N–H and O–H groups in total. The summed E-state index contributed by atoms with van der Waals surface area (Å²) in [6.45, 7) is 0. The van der Waals surface area contributed by atoms with Crippen molar-refractivity contribution in [2.24, 2.45) is 0 Å². The zero-order valence-electron chi connectivity index (χ0n) is 11.7. The fourth-order valence-corrected chi connectivity index (χ4v) is 3.33. The number of halogens is 1. The second kappa shape index (κ2) is 5.57. The van der Waals surface area contributed by atoms with Crippen molar-refractivity contribution in [3.63, 3.8) is 0 Å². The summed E-state index contributed by atoms with van der Waals surface area (Å²) in [6.07, 6.45) is 0. The van der Waals surface area contributed by atoms with Crippen LogP contribution >= 0.6 is 22.9 Å². The molecule has 0 saturated heterocycles. The van der Waals surface area contributed by atoms with Gasteiger partial charge in [0.15, 0.2) is 1.41 Å². The van der Waals surface area contributed by atoms with Gasteiger partial charge in [-0.1, -0.05) is 29.8 Å². The Bertz CT molecular complexity index is 899. The number of nitrogens with one attached hydrogen (secondary N) is 1. The predicted octanol–water partition coefficient (Wildman–Crippen LogP) is 4.68. The lowest BCUT2D eigenvalue weighted by atomic mass is 10.2. The zero-order chi connectivity index (χ0) is 15.7. The average Bonchev–Trinajstić information content (AvgIpc) is 2.91. The summed E-state index contributed by atoms with van der Waals surface area (Å²) in [5, 5.41) is 10.8. The first-order valence-corrected chi connectivity index (χ1v) is 7.32. The van der Waals surface area contributed by atoms with Gasteiger partial charge in [0.25, 0.3) is 5.91 Å². The number of thiophene rings is 1. The summed E-state index contributed by atoms with van der Waals surface area (Å²) in [5.74, 6) is -0.490. The Hall–Kier alpha value is -2.35. The minimum Gasteiger partial charge on any atom is -0.321 e. The quantitative estimate of drug-likeness (QED) is 0.747. The van der Waals surface area contributed by atoms with Crippen molar-refractivity contribution in [2.75, 3.05) is 5.31 Å². The minimum atomic E-state index is -0.490. The van der Waals surface area contributed by atoms with Crippen LogP contribution in [0.25, 0.3) is 10.1 Å². The van der Waals surface area contributed by atoms with E-state index in [1.807, 2.05) is 30.3 Å². The SMILES string of the molecule is [2H]N(C(=O)c1sc2ccccc2c1Cl)c1ccc(C#N)cc1. The number of amides is 1. The molecular weight excluding hydrogens is 304 g/mol. The maximum Gasteiger partial charge on any atom is 0.267 e. The number of benzene rings is 2. The van der Waals surface area contributed by atoms with Gasteiger partial charge in [0.05, 0.1) is 16.7 Å². The molecule has 1 amide bonds. The zero-order valence-corrected chi connectivity index (χ0v) is 12.3. The van der Waals surface area contributed by atoms with E-state index in [2.05, 4.69) is 0 Å². The van der Waals surface area contributed by atoms with E-state index in [0.29, 0.717) is 21.2 Å². The van der Waals surface area contributed by atoms with E-state index in [9.17, 15) is 4.79 Å². The summed E-state index contributed by atoms with van der Waals surface area (Å²) < 4.78 is 8.91. The first-order valence-electron chi connectivity index (χ1n) is 6.57. The largest absolute Gasteiger partial charge is 0.321 e. The number of carbonyl (C=O) groups excluding carboxylic acids is 1. The van der Waals surface area contributed by atoms with Gasteiger partial charge in [-0.05, 0) is 30.3 Å². The van der Waals surface area contributed by atoms with Gasteiger partial charge in [0, 0.05) is 15.8 Å². The normalized spacial score (nSPS) is 11.0. The number of nitrogens with zero attached hydrogens (tertiary/aromatic N) is 1. The predicted molar refractivity (Wildman–Crippen MR) is 85.9 cm³/mol. The molecule has 0 saturated carbocycles. The van der Waals surface area contributed by atoms with Crippen LogP contribution in [0.15, 0.2) is 48.5 Å². The van der Waals surface area contributed by atoms with Crippen LogP contribution in [0.4, 0.5) is 5.69 Å². The van der Waals surface area contributed by atoms with Gasteiger partial charge in [-0.2, -0.15) is 5.26 Å². The Morgan fingerprint density at radius 1 is 1.24 bits per heavy atom. The highest BCUT2D eigenvalue weighted by Crippen LogP contribution is 2.35. The Morgan fingerprint density at radius 2 is 1.95 bits per heavy atom. The van der Waals surface area contributed by atoms with E-state index in [4.69, 9.17) is 18.3 Å². The number of carbonyl (C=O) groups is 1. The van der Waals surface area contributed by atoms with Crippen molar-refractivity contribution in [3.05, 3.63) is 64.0 Å². The molecule has 1 aromatic heterocycles. The molecule has 0 radical (unpaired) electrons. The van der Waals surface area contributed by atoms with E-state index in [1.54, 1.807) is 24.3 Å². The first kappa shape index (κ1) is 12.4. The standard InChI is InChI=1S/C16H9ClN2OS/c17-14-12-3-1-2-4-13(12)21-15(14)16(20)19-11-7-5-10(9-18)6-8-11/h1-8H,(H,19,20)/i/hD. The number of rotatable bonds is 2. The lowest BCUT2D eigenvalue weighted by Gasteiger charge is -2.03. The van der Waals surface area contributed by atoms with Crippen molar-refractivity contribution in [3.8, 4) is 6.07 Å². The molecule has 5 heteroatoms. The first-order chi connectivity index (χ1) is 10.6. The Morgan fingerprint density at radius 3 is 2.62 bits per heavy atom. The molecule has 0 spiro atoms. The van der Waals surface area contributed by atoms with Gasteiger partial charge < -0.3 is 5.31 Å².